The molecule has 2 fully saturated rings. The third kappa shape index (κ3) is 3.80. The topological polar surface area (TPSA) is 36.4 Å². The number of hydrogen-bond donors (Lipinski definition) is 0. The van der Waals surface area contributed by atoms with Gasteiger partial charge in [-0.15, -0.1) is 0 Å². The summed E-state index contributed by atoms with van der Waals surface area (Å²) in [6.07, 6.45) is 7.11. The van der Waals surface area contributed by atoms with Gasteiger partial charge in [0.25, 0.3) is 0 Å². The molecule has 0 atom stereocenters. The lowest BCUT2D eigenvalue weighted by Crippen LogP contribution is -2.49. The molecule has 2 aromatic rings. The Morgan fingerprint density at radius 2 is 1.85 bits per heavy atom. The van der Waals surface area contributed by atoms with Crippen LogP contribution in [0.1, 0.15) is 38.5 Å². The molecule has 1 saturated carbocycles. The second kappa shape index (κ2) is 7.83. The highest BCUT2D eigenvalue weighted by Gasteiger charge is 2.24. The van der Waals surface area contributed by atoms with Crippen molar-refractivity contribution in [2.24, 2.45) is 5.92 Å². The maximum Gasteiger partial charge on any atom is 0.222 e. The largest absolute Gasteiger partial charge is 0.353 e. The highest BCUT2D eigenvalue weighted by molar-refractivity contribution is 6.34. The number of benzene rings is 1. The van der Waals surface area contributed by atoms with Crippen molar-refractivity contribution in [1.82, 2.24) is 9.88 Å². The fraction of sp³-hybridized carbons (Fsp3) is 0.524. The number of aromatic nitrogens is 1. The van der Waals surface area contributed by atoms with Crippen molar-refractivity contribution in [2.75, 3.05) is 31.1 Å². The fourth-order valence-corrected chi connectivity index (χ4v) is 4.53. The maximum absolute atomic E-state index is 12.5. The Morgan fingerprint density at radius 1 is 1.12 bits per heavy atom. The molecule has 2 aliphatic rings. The van der Waals surface area contributed by atoms with Gasteiger partial charge in [-0.3, -0.25) is 4.79 Å². The first-order valence-corrected chi connectivity index (χ1v) is 10.2. The first-order chi connectivity index (χ1) is 12.7. The van der Waals surface area contributed by atoms with Gasteiger partial charge >= 0.3 is 0 Å². The normalized spacial score (nSPS) is 18.7. The number of carbonyl (C=O) groups excluding carboxylic acids is 1. The van der Waals surface area contributed by atoms with E-state index in [1.54, 1.807) is 0 Å². The second-order valence-electron chi connectivity index (χ2n) is 7.55. The molecule has 0 radical (unpaired) electrons. The summed E-state index contributed by atoms with van der Waals surface area (Å²) in [7, 11) is 0. The van der Waals surface area contributed by atoms with Gasteiger partial charge in [0.15, 0.2) is 0 Å². The van der Waals surface area contributed by atoms with Gasteiger partial charge < -0.3 is 9.80 Å². The Kier molecular flexibility index (Phi) is 5.30. The summed E-state index contributed by atoms with van der Waals surface area (Å²) in [5.74, 6) is 2.01. The van der Waals surface area contributed by atoms with Crippen molar-refractivity contribution in [2.45, 2.75) is 38.5 Å². The number of hydrogen-bond acceptors (Lipinski definition) is 3. The van der Waals surface area contributed by atoms with Crippen LogP contribution in [0, 0.1) is 5.92 Å². The number of rotatable bonds is 4. The SMILES string of the molecule is O=C(CCC1CCCC1)N1CCN(c2cc3ccccc3c(Cl)n2)CC1. The van der Waals surface area contributed by atoms with Gasteiger partial charge in [-0.2, -0.15) is 0 Å². The van der Waals surface area contributed by atoms with Crippen LogP contribution in [0.5, 0.6) is 0 Å². The summed E-state index contributed by atoms with van der Waals surface area (Å²) in [5, 5.41) is 2.64. The molecule has 1 amide bonds. The van der Waals surface area contributed by atoms with E-state index >= 15 is 0 Å². The van der Waals surface area contributed by atoms with Crippen LogP contribution in [0.2, 0.25) is 5.15 Å². The molecule has 138 valence electrons. The van der Waals surface area contributed by atoms with Crippen LogP contribution in [0.4, 0.5) is 5.82 Å². The quantitative estimate of drug-likeness (QED) is 0.742. The number of carbonyl (C=O) groups is 1. The standard InChI is InChI=1S/C21H26ClN3O/c22-21-18-8-4-3-7-17(18)15-19(23-21)24-11-13-25(14-12-24)20(26)10-9-16-5-1-2-6-16/h3-4,7-8,15-16H,1-2,5-6,9-14H2. The van der Waals surface area contributed by atoms with E-state index in [-0.39, 0.29) is 0 Å². The van der Waals surface area contributed by atoms with Crippen molar-refractivity contribution in [3.05, 3.63) is 35.5 Å². The van der Waals surface area contributed by atoms with E-state index < -0.39 is 0 Å². The number of anilines is 1. The molecule has 1 aliphatic carbocycles. The minimum atomic E-state index is 0.320. The summed E-state index contributed by atoms with van der Waals surface area (Å²) in [6.45, 7) is 3.18. The Hall–Kier alpha value is -1.81. The Labute approximate surface area is 160 Å². The van der Waals surface area contributed by atoms with Gasteiger partial charge in [0.1, 0.15) is 11.0 Å². The fourth-order valence-electron chi connectivity index (χ4n) is 4.27. The van der Waals surface area contributed by atoms with Gasteiger partial charge in [0.05, 0.1) is 0 Å². The molecule has 4 rings (SSSR count). The van der Waals surface area contributed by atoms with Gasteiger partial charge in [0.2, 0.25) is 5.91 Å². The van der Waals surface area contributed by atoms with Crippen molar-refractivity contribution >= 4 is 34.1 Å². The third-order valence-electron chi connectivity index (χ3n) is 5.88. The molecule has 1 aliphatic heterocycles. The van der Waals surface area contributed by atoms with E-state index in [9.17, 15) is 4.79 Å². The minimum Gasteiger partial charge on any atom is -0.353 e. The van der Waals surface area contributed by atoms with Crippen molar-refractivity contribution in [1.29, 1.82) is 0 Å². The van der Waals surface area contributed by atoms with Gasteiger partial charge in [0, 0.05) is 38.0 Å². The van der Waals surface area contributed by atoms with E-state index in [1.807, 2.05) is 23.1 Å². The van der Waals surface area contributed by atoms with Crippen molar-refractivity contribution in [3.63, 3.8) is 0 Å². The third-order valence-corrected chi connectivity index (χ3v) is 6.17. The molecule has 5 heteroatoms. The maximum atomic E-state index is 12.5. The van der Waals surface area contributed by atoms with Crippen LogP contribution in [0.3, 0.4) is 0 Å². The summed E-state index contributed by atoms with van der Waals surface area (Å²) in [5.41, 5.74) is 0. The van der Waals surface area contributed by atoms with E-state index in [4.69, 9.17) is 11.6 Å². The first-order valence-electron chi connectivity index (χ1n) is 9.79. The monoisotopic (exact) mass is 371 g/mol. The number of halogens is 1. The van der Waals surface area contributed by atoms with Gasteiger partial charge in [-0.1, -0.05) is 61.5 Å². The number of nitrogens with zero attached hydrogens (tertiary/aromatic N) is 3. The predicted octanol–water partition coefficient (Wildman–Crippen LogP) is 4.51. The predicted molar refractivity (Wildman–Crippen MR) is 107 cm³/mol. The zero-order valence-electron chi connectivity index (χ0n) is 15.2. The Morgan fingerprint density at radius 3 is 2.62 bits per heavy atom. The summed E-state index contributed by atoms with van der Waals surface area (Å²) >= 11 is 6.36. The number of amides is 1. The van der Waals surface area contributed by atoms with E-state index in [0.717, 1.165) is 55.1 Å². The van der Waals surface area contributed by atoms with Crippen LogP contribution in [0.15, 0.2) is 30.3 Å². The highest BCUT2D eigenvalue weighted by atomic mass is 35.5. The highest BCUT2D eigenvalue weighted by Crippen LogP contribution is 2.29. The smallest absolute Gasteiger partial charge is 0.222 e. The van der Waals surface area contributed by atoms with E-state index in [1.165, 1.54) is 25.7 Å². The summed E-state index contributed by atoms with van der Waals surface area (Å²) in [4.78, 5) is 21.3. The lowest BCUT2D eigenvalue weighted by Gasteiger charge is -2.35. The Bertz CT molecular complexity index is 780. The average molecular weight is 372 g/mol. The second-order valence-corrected chi connectivity index (χ2v) is 7.91. The number of piperazine rings is 1. The van der Waals surface area contributed by atoms with Crippen LogP contribution in [-0.4, -0.2) is 42.0 Å². The number of pyridine rings is 1. The molecule has 1 aromatic heterocycles. The minimum absolute atomic E-state index is 0.320. The summed E-state index contributed by atoms with van der Waals surface area (Å²) in [6, 6.07) is 10.2. The van der Waals surface area contributed by atoms with Gasteiger partial charge in [-0.05, 0) is 23.8 Å². The zero-order chi connectivity index (χ0) is 17.9. The molecule has 0 bridgehead atoms. The molecule has 26 heavy (non-hydrogen) atoms. The lowest BCUT2D eigenvalue weighted by molar-refractivity contribution is -0.131. The molecule has 4 nitrogen and oxygen atoms in total. The van der Waals surface area contributed by atoms with Crippen LogP contribution < -0.4 is 4.90 Å². The molecule has 1 aromatic carbocycles. The van der Waals surface area contributed by atoms with Crippen molar-refractivity contribution < 1.29 is 4.79 Å². The molecule has 0 N–H and O–H groups in total. The van der Waals surface area contributed by atoms with Gasteiger partial charge in [-0.25, -0.2) is 4.98 Å². The van der Waals surface area contributed by atoms with Crippen LogP contribution in [-0.2, 0) is 4.79 Å². The van der Waals surface area contributed by atoms with E-state index in [2.05, 4.69) is 22.0 Å². The molecular formula is C21H26ClN3O. The number of fused-ring (bicyclic) bond motifs is 1. The average Bonchev–Trinajstić information content (AvgIpc) is 3.20. The van der Waals surface area contributed by atoms with Crippen molar-refractivity contribution in [3.8, 4) is 0 Å². The first kappa shape index (κ1) is 17.6. The zero-order valence-corrected chi connectivity index (χ0v) is 15.9. The Balaban J connectivity index is 1.35. The lowest BCUT2D eigenvalue weighted by atomic mass is 10.0. The summed E-state index contributed by atoms with van der Waals surface area (Å²) < 4.78 is 0. The van der Waals surface area contributed by atoms with E-state index in [0.29, 0.717) is 17.5 Å². The molecule has 0 spiro atoms. The molecule has 1 saturated heterocycles. The van der Waals surface area contributed by atoms with Crippen LogP contribution >= 0.6 is 11.6 Å². The van der Waals surface area contributed by atoms with Crippen LogP contribution in [0.25, 0.3) is 10.8 Å². The molecular weight excluding hydrogens is 346 g/mol. The molecule has 0 unspecified atom stereocenters. The molecule has 2 heterocycles.